The topological polar surface area (TPSA) is 75.3 Å². The summed E-state index contributed by atoms with van der Waals surface area (Å²) >= 11 is 0. The number of hydrogen-bond donors (Lipinski definition) is 3. The van der Waals surface area contributed by atoms with Gasteiger partial charge in [0, 0.05) is 12.1 Å². The van der Waals surface area contributed by atoms with Crippen LogP contribution in [0, 0.1) is 5.82 Å². The van der Waals surface area contributed by atoms with Crippen molar-refractivity contribution in [3.63, 3.8) is 0 Å². The number of phenolic OH excluding ortho intramolecular Hbond substituents is 1. The molecule has 2 rings (SSSR count). The lowest BCUT2D eigenvalue weighted by Crippen LogP contribution is -2.41. The molecule has 1 atom stereocenters. The summed E-state index contributed by atoms with van der Waals surface area (Å²) in [6.45, 7) is 0.106. The van der Waals surface area contributed by atoms with Gasteiger partial charge in [-0.3, -0.25) is 4.79 Å². The Bertz CT molecular complexity index is 614. The van der Waals surface area contributed by atoms with Crippen LogP contribution >= 0.6 is 0 Å². The number of halogens is 1. The first-order valence-electron chi connectivity index (χ1n) is 6.61. The average Bonchev–Trinajstić information content (AvgIpc) is 2.48. The number of nitrogens with one attached hydrogen (secondary N) is 1. The predicted molar refractivity (Wildman–Crippen MR) is 78.0 cm³/mol. The molecule has 2 aromatic rings. The molecule has 0 bridgehead atoms. The van der Waals surface area contributed by atoms with Crippen molar-refractivity contribution in [3.05, 3.63) is 65.5 Å². The number of carbonyl (C=O) groups is 1. The summed E-state index contributed by atoms with van der Waals surface area (Å²) in [5.74, 6) is -0.535. The molecule has 0 aliphatic rings. The van der Waals surface area contributed by atoms with Gasteiger partial charge in [0.15, 0.2) is 0 Å². The number of amides is 1. The van der Waals surface area contributed by atoms with Crippen molar-refractivity contribution in [2.24, 2.45) is 5.73 Å². The minimum atomic E-state index is -0.721. The maximum Gasteiger partial charge on any atom is 0.237 e. The van der Waals surface area contributed by atoms with Crippen LogP contribution in [0.1, 0.15) is 11.1 Å². The van der Waals surface area contributed by atoms with Gasteiger partial charge < -0.3 is 16.2 Å². The van der Waals surface area contributed by atoms with Gasteiger partial charge in [-0.1, -0.05) is 30.3 Å². The van der Waals surface area contributed by atoms with Crippen molar-refractivity contribution >= 4 is 5.91 Å². The van der Waals surface area contributed by atoms with Crippen LogP contribution in [-0.4, -0.2) is 17.1 Å². The molecule has 0 aromatic heterocycles. The third kappa shape index (κ3) is 4.29. The maximum atomic E-state index is 13.4. The van der Waals surface area contributed by atoms with Crippen molar-refractivity contribution in [3.8, 4) is 5.75 Å². The van der Waals surface area contributed by atoms with Gasteiger partial charge in [-0.2, -0.15) is 0 Å². The van der Waals surface area contributed by atoms with E-state index in [-0.39, 0.29) is 24.0 Å². The number of aromatic hydroxyl groups is 1. The second-order valence-corrected chi connectivity index (χ2v) is 4.79. The van der Waals surface area contributed by atoms with Crippen LogP contribution in [0.3, 0.4) is 0 Å². The van der Waals surface area contributed by atoms with E-state index in [1.165, 1.54) is 6.07 Å². The maximum absolute atomic E-state index is 13.4. The zero-order chi connectivity index (χ0) is 15.2. The Kier molecular flexibility index (Phi) is 4.90. The molecule has 2 aromatic carbocycles. The standard InChI is InChI=1S/C16H17FN2O2/c17-14-4-2-1-3-12(14)10-19-16(21)15(18)9-11-5-7-13(20)8-6-11/h1-8,15,20H,9-10,18H2,(H,19,21). The quantitative estimate of drug-likeness (QED) is 0.784. The monoisotopic (exact) mass is 288 g/mol. The van der Waals surface area contributed by atoms with Crippen molar-refractivity contribution in [1.29, 1.82) is 0 Å². The summed E-state index contributed by atoms with van der Waals surface area (Å²) in [7, 11) is 0. The predicted octanol–water partition coefficient (Wildman–Crippen LogP) is 1.72. The summed E-state index contributed by atoms with van der Waals surface area (Å²) in [4.78, 5) is 11.9. The highest BCUT2D eigenvalue weighted by Crippen LogP contribution is 2.11. The number of rotatable bonds is 5. The fraction of sp³-hybridized carbons (Fsp3) is 0.188. The summed E-state index contributed by atoms with van der Waals surface area (Å²) in [5.41, 5.74) is 7.09. The molecule has 110 valence electrons. The summed E-state index contributed by atoms with van der Waals surface area (Å²) in [6.07, 6.45) is 0.351. The zero-order valence-electron chi connectivity index (χ0n) is 11.4. The molecule has 1 amide bonds. The van der Waals surface area contributed by atoms with Crippen molar-refractivity contribution in [1.82, 2.24) is 5.32 Å². The Morgan fingerprint density at radius 3 is 2.52 bits per heavy atom. The van der Waals surface area contributed by atoms with E-state index in [4.69, 9.17) is 5.73 Å². The van der Waals surface area contributed by atoms with Crippen LogP contribution in [0.15, 0.2) is 48.5 Å². The second-order valence-electron chi connectivity index (χ2n) is 4.79. The van der Waals surface area contributed by atoms with Crippen LogP contribution in [0.4, 0.5) is 4.39 Å². The molecule has 0 radical (unpaired) electrons. The van der Waals surface area contributed by atoms with Crippen LogP contribution in [0.2, 0.25) is 0 Å². The summed E-state index contributed by atoms with van der Waals surface area (Å²) < 4.78 is 13.4. The number of carbonyl (C=O) groups excluding carboxylic acids is 1. The highest BCUT2D eigenvalue weighted by atomic mass is 19.1. The van der Waals surface area contributed by atoms with Crippen molar-refractivity contribution < 1.29 is 14.3 Å². The van der Waals surface area contributed by atoms with Crippen molar-refractivity contribution in [2.75, 3.05) is 0 Å². The fourth-order valence-corrected chi connectivity index (χ4v) is 1.93. The molecule has 0 aliphatic heterocycles. The minimum Gasteiger partial charge on any atom is -0.508 e. The molecule has 0 aliphatic carbocycles. The number of benzene rings is 2. The zero-order valence-corrected chi connectivity index (χ0v) is 11.4. The van der Waals surface area contributed by atoms with E-state index in [1.807, 2.05) is 0 Å². The molecule has 0 saturated heterocycles. The molecule has 0 spiro atoms. The first-order chi connectivity index (χ1) is 10.1. The third-order valence-corrected chi connectivity index (χ3v) is 3.14. The lowest BCUT2D eigenvalue weighted by atomic mass is 10.1. The number of phenols is 1. The number of nitrogens with two attached hydrogens (primary N) is 1. The molecule has 4 N–H and O–H groups in total. The molecule has 0 fully saturated rings. The van der Waals surface area contributed by atoms with Gasteiger partial charge in [0.05, 0.1) is 6.04 Å². The van der Waals surface area contributed by atoms with Gasteiger partial charge in [0.2, 0.25) is 5.91 Å². The van der Waals surface area contributed by atoms with Gasteiger partial charge in [0.1, 0.15) is 11.6 Å². The van der Waals surface area contributed by atoms with Gasteiger partial charge in [-0.25, -0.2) is 4.39 Å². The van der Waals surface area contributed by atoms with Crippen LogP contribution < -0.4 is 11.1 Å². The van der Waals surface area contributed by atoms with E-state index in [0.29, 0.717) is 12.0 Å². The van der Waals surface area contributed by atoms with Crippen molar-refractivity contribution in [2.45, 2.75) is 19.0 Å². The van der Waals surface area contributed by atoms with Gasteiger partial charge >= 0.3 is 0 Å². The van der Waals surface area contributed by atoms with E-state index in [1.54, 1.807) is 42.5 Å². The third-order valence-electron chi connectivity index (χ3n) is 3.14. The molecule has 21 heavy (non-hydrogen) atoms. The second kappa shape index (κ2) is 6.85. The lowest BCUT2D eigenvalue weighted by Gasteiger charge is -2.12. The van der Waals surface area contributed by atoms with E-state index in [2.05, 4.69) is 5.32 Å². The molecular formula is C16H17FN2O2. The van der Waals surface area contributed by atoms with E-state index >= 15 is 0 Å². The average molecular weight is 288 g/mol. The Balaban J connectivity index is 1.88. The Hall–Kier alpha value is -2.40. The molecular weight excluding hydrogens is 271 g/mol. The van der Waals surface area contributed by atoms with Crippen LogP contribution in [0.5, 0.6) is 5.75 Å². The Labute approximate surface area is 122 Å². The Morgan fingerprint density at radius 2 is 1.86 bits per heavy atom. The fourth-order valence-electron chi connectivity index (χ4n) is 1.93. The first-order valence-corrected chi connectivity index (χ1v) is 6.61. The molecule has 5 heteroatoms. The minimum absolute atomic E-state index is 0.106. The molecule has 0 heterocycles. The van der Waals surface area contributed by atoms with E-state index in [9.17, 15) is 14.3 Å². The first kappa shape index (κ1) is 15.0. The lowest BCUT2D eigenvalue weighted by molar-refractivity contribution is -0.122. The van der Waals surface area contributed by atoms with E-state index in [0.717, 1.165) is 5.56 Å². The normalized spacial score (nSPS) is 11.9. The largest absolute Gasteiger partial charge is 0.508 e. The van der Waals surface area contributed by atoms with Crippen LogP contribution in [-0.2, 0) is 17.8 Å². The molecule has 4 nitrogen and oxygen atoms in total. The SMILES string of the molecule is NC(Cc1ccc(O)cc1)C(=O)NCc1ccccc1F. The number of hydrogen-bond acceptors (Lipinski definition) is 3. The highest BCUT2D eigenvalue weighted by molar-refractivity contribution is 5.81. The highest BCUT2D eigenvalue weighted by Gasteiger charge is 2.14. The smallest absolute Gasteiger partial charge is 0.237 e. The molecule has 1 unspecified atom stereocenters. The van der Waals surface area contributed by atoms with Gasteiger partial charge in [0.25, 0.3) is 0 Å². The van der Waals surface area contributed by atoms with Gasteiger partial charge in [-0.15, -0.1) is 0 Å². The summed E-state index contributed by atoms with van der Waals surface area (Å²) in [6, 6.07) is 12.0. The van der Waals surface area contributed by atoms with Crippen LogP contribution in [0.25, 0.3) is 0 Å². The summed E-state index contributed by atoms with van der Waals surface area (Å²) in [5, 5.41) is 11.8. The Morgan fingerprint density at radius 1 is 1.19 bits per heavy atom. The van der Waals surface area contributed by atoms with Gasteiger partial charge in [-0.05, 0) is 30.2 Å². The molecule has 0 saturated carbocycles. The van der Waals surface area contributed by atoms with E-state index < -0.39 is 6.04 Å².